The molecule has 0 aliphatic heterocycles. The zero-order valence-electron chi connectivity index (χ0n) is 10.3. The van der Waals surface area contributed by atoms with Gasteiger partial charge < -0.3 is 5.11 Å². The molecule has 0 atom stereocenters. The standard InChI is InChI=1S/C13H21NO/c1-12(2,3)9-10-6-7-14-11(8-10)13(4,5)15/h6-8,15H,9H2,1-5H3. The Morgan fingerprint density at radius 1 is 1.20 bits per heavy atom. The summed E-state index contributed by atoms with van der Waals surface area (Å²) in [6, 6.07) is 4.01. The van der Waals surface area contributed by atoms with E-state index in [2.05, 4.69) is 25.8 Å². The Hall–Kier alpha value is -0.890. The summed E-state index contributed by atoms with van der Waals surface area (Å²) in [6.07, 6.45) is 2.77. The third kappa shape index (κ3) is 4.00. The number of hydrogen-bond acceptors (Lipinski definition) is 2. The van der Waals surface area contributed by atoms with E-state index in [9.17, 15) is 5.11 Å². The first-order valence-electron chi connectivity index (χ1n) is 5.36. The van der Waals surface area contributed by atoms with Gasteiger partial charge >= 0.3 is 0 Å². The lowest BCUT2D eigenvalue weighted by molar-refractivity contribution is 0.0737. The maximum Gasteiger partial charge on any atom is 0.101 e. The van der Waals surface area contributed by atoms with Crippen LogP contribution in [0.5, 0.6) is 0 Å². The number of aliphatic hydroxyl groups is 1. The smallest absolute Gasteiger partial charge is 0.101 e. The van der Waals surface area contributed by atoms with Crippen LogP contribution in [-0.2, 0) is 12.0 Å². The van der Waals surface area contributed by atoms with Gasteiger partial charge in [-0.2, -0.15) is 0 Å². The van der Waals surface area contributed by atoms with E-state index in [1.165, 1.54) is 5.56 Å². The van der Waals surface area contributed by atoms with Crippen LogP contribution in [0.1, 0.15) is 45.9 Å². The molecule has 0 amide bonds. The van der Waals surface area contributed by atoms with Gasteiger partial charge in [0.2, 0.25) is 0 Å². The third-order valence-electron chi connectivity index (χ3n) is 2.19. The molecule has 0 unspecified atom stereocenters. The van der Waals surface area contributed by atoms with Gasteiger partial charge in [0.05, 0.1) is 5.69 Å². The SMILES string of the molecule is CC(C)(C)Cc1ccnc(C(C)(C)O)c1. The van der Waals surface area contributed by atoms with E-state index < -0.39 is 5.60 Å². The number of aromatic nitrogens is 1. The second-order valence-electron chi connectivity index (χ2n) is 5.85. The quantitative estimate of drug-likeness (QED) is 0.809. The van der Waals surface area contributed by atoms with Crippen LogP contribution in [0.2, 0.25) is 0 Å². The number of nitrogens with zero attached hydrogens (tertiary/aromatic N) is 1. The molecule has 15 heavy (non-hydrogen) atoms. The van der Waals surface area contributed by atoms with E-state index in [0.717, 1.165) is 12.1 Å². The van der Waals surface area contributed by atoms with Crippen LogP contribution in [0, 0.1) is 5.41 Å². The van der Waals surface area contributed by atoms with E-state index in [-0.39, 0.29) is 5.41 Å². The fraction of sp³-hybridized carbons (Fsp3) is 0.615. The number of pyridine rings is 1. The molecule has 1 aromatic rings. The fourth-order valence-electron chi connectivity index (χ4n) is 1.53. The van der Waals surface area contributed by atoms with Crippen molar-refractivity contribution >= 4 is 0 Å². The monoisotopic (exact) mass is 207 g/mol. The van der Waals surface area contributed by atoms with Gasteiger partial charge in [-0.25, -0.2) is 0 Å². The predicted octanol–water partition coefficient (Wildman–Crippen LogP) is 2.90. The van der Waals surface area contributed by atoms with Gasteiger partial charge in [0.1, 0.15) is 5.60 Å². The average Bonchev–Trinajstić information content (AvgIpc) is 1.99. The molecule has 0 radical (unpaired) electrons. The molecule has 2 nitrogen and oxygen atoms in total. The van der Waals surface area contributed by atoms with Crippen molar-refractivity contribution in [2.24, 2.45) is 5.41 Å². The van der Waals surface area contributed by atoms with Gasteiger partial charge in [-0.05, 0) is 43.4 Å². The minimum Gasteiger partial charge on any atom is -0.384 e. The zero-order valence-corrected chi connectivity index (χ0v) is 10.3. The largest absolute Gasteiger partial charge is 0.384 e. The van der Waals surface area contributed by atoms with Crippen LogP contribution >= 0.6 is 0 Å². The van der Waals surface area contributed by atoms with Gasteiger partial charge in [-0.3, -0.25) is 4.98 Å². The van der Waals surface area contributed by atoms with Crippen LogP contribution in [0.15, 0.2) is 18.3 Å². The second kappa shape index (κ2) is 3.93. The normalized spacial score (nSPS) is 12.9. The Morgan fingerprint density at radius 3 is 2.27 bits per heavy atom. The summed E-state index contributed by atoms with van der Waals surface area (Å²) in [6.45, 7) is 10.1. The van der Waals surface area contributed by atoms with Gasteiger partial charge in [0.15, 0.2) is 0 Å². The average molecular weight is 207 g/mol. The Balaban J connectivity index is 2.94. The molecular weight excluding hydrogens is 186 g/mol. The van der Waals surface area contributed by atoms with Gasteiger partial charge in [0, 0.05) is 6.20 Å². The van der Waals surface area contributed by atoms with Crippen molar-refractivity contribution in [1.29, 1.82) is 0 Å². The molecule has 84 valence electrons. The molecule has 0 bridgehead atoms. The van der Waals surface area contributed by atoms with Crippen LogP contribution in [0.3, 0.4) is 0 Å². The van der Waals surface area contributed by atoms with Crippen LogP contribution in [-0.4, -0.2) is 10.1 Å². The number of rotatable bonds is 2. The Bertz CT molecular complexity index is 331. The first kappa shape index (κ1) is 12.2. The van der Waals surface area contributed by atoms with Crippen LogP contribution in [0.4, 0.5) is 0 Å². The van der Waals surface area contributed by atoms with Crippen molar-refractivity contribution in [3.8, 4) is 0 Å². The molecule has 0 aliphatic carbocycles. The predicted molar refractivity (Wildman–Crippen MR) is 62.6 cm³/mol. The highest BCUT2D eigenvalue weighted by molar-refractivity contribution is 5.21. The van der Waals surface area contributed by atoms with E-state index in [1.54, 1.807) is 20.0 Å². The van der Waals surface area contributed by atoms with E-state index >= 15 is 0 Å². The Labute approximate surface area is 92.4 Å². The highest BCUT2D eigenvalue weighted by Gasteiger charge is 2.19. The molecule has 1 N–H and O–H groups in total. The topological polar surface area (TPSA) is 33.1 Å². The summed E-state index contributed by atoms with van der Waals surface area (Å²) in [7, 11) is 0. The molecule has 0 saturated heterocycles. The summed E-state index contributed by atoms with van der Waals surface area (Å²) in [5.41, 5.74) is 1.38. The Kier molecular flexibility index (Phi) is 3.19. The van der Waals surface area contributed by atoms with E-state index in [4.69, 9.17) is 0 Å². The fourth-order valence-corrected chi connectivity index (χ4v) is 1.53. The summed E-state index contributed by atoms with van der Waals surface area (Å²) in [4.78, 5) is 4.19. The van der Waals surface area contributed by atoms with Crippen molar-refractivity contribution in [2.45, 2.75) is 46.6 Å². The third-order valence-corrected chi connectivity index (χ3v) is 2.19. The molecule has 0 aromatic carbocycles. The lowest BCUT2D eigenvalue weighted by Gasteiger charge is -2.21. The first-order valence-corrected chi connectivity index (χ1v) is 5.36. The Morgan fingerprint density at radius 2 is 1.80 bits per heavy atom. The van der Waals surface area contributed by atoms with Crippen LogP contribution in [0.25, 0.3) is 0 Å². The maximum absolute atomic E-state index is 9.85. The van der Waals surface area contributed by atoms with E-state index in [0.29, 0.717) is 0 Å². The first-order chi connectivity index (χ1) is 6.68. The summed E-state index contributed by atoms with van der Waals surface area (Å²) in [5.74, 6) is 0. The molecule has 0 spiro atoms. The van der Waals surface area contributed by atoms with Crippen molar-refractivity contribution in [2.75, 3.05) is 0 Å². The number of hydrogen-bond donors (Lipinski definition) is 1. The highest BCUT2D eigenvalue weighted by Crippen LogP contribution is 2.23. The summed E-state index contributed by atoms with van der Waals surface area (Å²) >= 11 is 0. The van der Waals surface area contributed by atoms with Crippen LogP contribution < -0.4 is 0 Å². The molecule has 1 aromatic heterocycles. The molecular formula is C13H21NO. The summed E-state index contributed by atoms with van der Waals surface area (Å²) < 4.78 is 0. The molecule has 2 heteroatoms. The summed E-state index contributed by atoms with van der Waals surface area (Å²) in [5, 5.41) is 9.85. The second-order valence-corrected chi connectivity index (χ2v) is 5.85. The molecule has 0 aliphatic rings. The van der Waals surface area contributed by atoms with E-state index in [1.807, 2.05) is 12.1 Å². The molecule has 1 heterocycles. The van der Waals surface area contributed by atoms with Gasteiger partial charge in [-0.15, -0.1) is 0 Å². The van der Waals surface area contributed by atoms with Gasteiger partial charge in [0.25, 0.3) is 0 Å². The lowest BCUT2D eigenvalue weighted by Crippen LogP contribution is -2.18. The van der Waals surface area contributed by atoms with Gasteiger partial charge in [-0.1, -0.05) is 20.8 Å². The highest BCUT2D eigenvalue weighted by atomic mass is 16.3. The van der Waals surface area contributed by atoms with Crippen molar-refractivity contribution in [1.82, 2.24) is 4.98 Å². The van der Waals surface area contributed by atoms with Crippen molar-refractivity contribution in [3.63, 3.8) is 0 Å². The minimum absolute atomic E-state index is 0.262. The zero-order chi connectivity index (χ0) is 11.7. The maximum atomic E-state index is 9.85. The molecule has 0 fully saturated rings. The molecule has 0 saturated carbocycles. The molecule has 1 rings (SSSR count). The minimum atomic E-state index is -0.853. The van der Waals surface area contributed by atoms with Crippen molar-refractivity contribution < 1.29 is 5.11 Å². The van der Waals surface area contributed by atoms with Crippen molar-refractivity contribution in [3.05, 3.63) is 29.6 Å². The lowest BCUT2D eigenvalue weighted by atomic mass is 9.87.